The van der Waals surface area contributed by atoms with E-state index in [1.54, 1.807) is 0 Å². The van der Waals surface area contributed by atoms with Crippen LogP contribution >= 0.6 is 0 Å². The van der Waals surface area contributed by atoms with Crippen LogP contribution in [0.2, 0.25) is 0 Å². The Morgan fingerprint density at radius 1 is 0.889 bits per heavy atom. The molecule has 2 aromatic carbocycles. The van der Waals surface area contributed by atoms with Gasteiger partial charge in [0, 0.05) is 6.42 Å². The van der Waals surface area contributed by atoms with Gasteiger partial charge in [-0.15, -0.1) is 0 Å². The van der Waals surface area contributed by atoms with Crippen molar-refractivity contribution < 1.29 is 5.11 Å². The lowest BCUT2D eigenvalue weighted by atomic mass is 9.99. The predicted molar refractivity (Wildman–Crippen MR) is 75.7 cm³/mol. The van der Waals surface area contributed by atoms with Crippen LogP contribution in [-0.2, 0) is 12.8 Å². The van der Waals surface area contributed by atoms with Crippen molar-refractivity contribution >= 4 is 0 Å². The molecule has 1 unspecified atom stereocenters. The molecule has 1 atom stereocenters. The lowest BCUT2D eigenvalue weighted by Crippen LogP contribution is -2.01. The average Bonchev–Trinajstić information content (AvgIpc) is 2.40. The monoisotopic (exact) mass is 240 g/mol. The molecule has 0 saturated heterocycles. The summed E-state index contributed by atoms with van der Waals surface area (Å²) in [7, 11) is 0. The zero-order chi connectivity index (χ0) is 13.0. The Kier molecular flexibility index (Phi) is 4.16. The summed E-state index contributed by atoms with van der Waals surface area (Å²) < 4.78 is 0. The molecular weight excluding hydrogens is 220 g/mol. The first kappa shape index (κ1) is 12.8. The molecule has 18 heavy (non-hydrogen) atoms. The standard InChI is InChI=1S/C17H20O/c1-3-14-6-8-15(9-7-14)12-17(18)16-10-4-13(2)5-11-16/h4-11,17-18H,3,12H2,1-2H3. The molecule has 0 saturated carbocycles. The SMILES string of the molecule is CCc1ccc(CC(O)c2ccc(C)cc2)cc1. The maximum Gasteiger partial charge on any atom is 0.0830 e. The van der Waals surface area contributed by atoms with Gasteiger partial charge >= 0.3 is 0 Å². The zero-order valence-electron chi connectivity index (χ0n) is 11.1. The molecule has 0 spiro atoms. The van der Waals surface area contributed by atoms with Crippen LogP contribution in [0.15, 0.2) is 48.5 Å². The van der Waals surface area contributed by atoms with Crippen LogP contribution < -0.4 is 0 Å². The fourth-order valence-corrected chi connectivity index (χ4v) is 2.04. The minimum Gasteiger partial charge on any atom is -0.388 e. The second kappa shape index (κ2) is 5.83. The van der Waals surface area contributed by atoms with Gasteiger partial charge in [-0.25, -0.2) is 0 Å². The number of hydrogen-bond acceptors (Lipinski definition) is 1. The topological polar surface area (TPSA) is 20.2 Å². The van der Waals surface area contributed by atoms with E-state index < -0.39 is 6.10 Å². The summed E-state index contributed by atoms with van der Waals surface area (Å²) in [4.78, 5) is 0. The number of aryl methyl sites for hydroxylation is 2. The van der Waals surface area contributed by atoms with Gasteiger partial charge in [-0.05, 0) is 30.0 Å². The molecule has 0 aromatic heterocycles. The Bertz CT molecular complexity index is 482. The van der Waals surface area contributed by atoms with E-state index in [2.05, 4.69) is 38.1 Å². The molecule has 2 rings (SSSR count). The van der Waals surface area contributed by atoms with Gasteiger partial charge < -0.3 is 5.11 Å². The molecule has 0 aliphatic rings. The van der Waals surface area contributed by atoms with E-state index in [0.717, 1.165) is 12.0 Å². The van der Waals surface area contributed by atoms with Gasteiger partial charge in [0.25, 0.3) is 0 Å². The molecule has 0 heterocycles. The summed E-state index contributed by atoms with van der Waals surface area (Å²) in [5, 5.41) is 10.2. The van der Waals surface area contributed by atoms with Crippen LogP contribution in [0.4, 0.5) is 0 Å². The quantitative estimate of drug-likeness (QED) is 0.861. The molecule has 0 radical (unpaired) electrons. The summed E-state index contributed by atoms with van der Waals surface area (Å²) >= 11 is 0. The molecular formula is C17H20O. The molecule has 2 aromatic rings. The van der Waals surface area contributed by atoms with Crippen LogP contribution in [0.25, 0.3) is 0 Å². The van der Waals surface area contributed by atoms with Crippen molar-refractivity contribution in [3.63, 3.8) is 0 Å². The third-order valence-electron chi connectivity index (χ3n) is 3.32. The second-order valence-corrected chi connectivity index (χ2v) is 4.80. The van der Waals surface area contributed by atoms with Gasteiger partial charge in [-0.1, -0.05) is 61.0 Å². The highest BCUT2D eigenvalue weighted by Gasteiger charge is 2.08. The highest BCUT2D eigenvalue weighted by atomic mass is 16.3. The van der Waals surface area contributed by atoms with Gasteiger partial charge in [0.15, 0.2) is 0 Å². The summed E-state index contributed by atoms with van der Waals surface area (Å²) in [5.74, 6) is 0. The Morgan fingerprint density at radius 3 is 2.00 bits per heavy atom. The van der Waals surface area contributed by atoms with Crippen molar-refractivity contribution in [2.45, 2.75) is 32.8 Å². The van der Waals surface area contributed by atoms with Crippen molar-refractivity contribution in [1.82, 2.24) is 0 Å². The van der Waals surface area contributed by atoms with E-state index in [1.165, 1.54) is 16.7 Å². The summed E-state index contributed by atoms with van der Waals surface area (Å²) in [5.41, 5.74) is 4.72. The summed E-state index contributed by atoms with van der Waals surface area (Å²) in [6, 6.07) is 16.6. The van der Waals surface area contributed by atoms with Crippen LogP contribution in [0, 0.1) is 6.92 Å². The number of rotatable bonds is 4. The largest absolute Gasteiger partial charge is 0.388 e. The van der Waals surface area contributed by atoms with Gasteiger partial charge in [0.1, 0.15) is 0 Å². The van der Waals surface area contributed by atoms with Crippen molar-refractivity contribution in [3.8, 4) is 0 Å². The Hall–Kier alpha value is -1.60. The van der Waals surface area contributed by atoms with Crippen molar-refractivity contribution in [1.29, 1.82) is 0 Å². The van der Waals surface area contributed by atoms with E-state index in [0.29, 0.717) is 6.42 Å². The maximum absolute atomic E-state index is 10.2. The van der Waals surface area contributed by atoms with Crippen LogP contribution in [-0.4, -0.2) is 5.11 Å². The van der Waals surface area contributed by atoms with Crippen LogP contribution in [0.3, 0.4) is 0 Å². The number of hydrogen-bond donors (Lipinski definition) is 1. The van der Waals surface area contributed by atoms with E-state index >= 15 is 0 Å². The second-order valence-electron chi connectivity index (χ2n) is 4.80. The molecule has 0 amide bonds. The van der Waals surface area contributed by atoms with Gasteiger partial charge in [0.05, 0.1) is 6.10 Å². The molecule has 1 N–H and O–H groups in total. The molecule has 1 nitrogen and oxygen atoms in total. The molecule has 94 valence electrons. The van der Waals surface area contributed by atoms with Crippen molar-refractivity contribution in [3.05, 3.63) is 70.8 Å². The van der Waals surface area contributed by atoms with Gasteiger partial charge in [-0.2, -0.15) is 0 Å². The molecule has 0 bridgehead atoms. The normalized spacial score (nSPS) is 12.4. The highest BCUT2D eigenvalue weighted by Crippen LogP contribution is 2.19. The lowest BCUT2D eigenvalue weighted by molar-refractivity contribution is 0.178. The molecule has 0 fully saturated rings. The molecule has 1 heteroatoms. The third kappa shape index (κ3) is 3.21. The Morgan fingerprint density at radius 2 is 1.44 bits per heavy atom. The zero-order valence-corrected chi connectivity index (χ0v) is 11.1. The first-order valence-electron chi connectivity index (χ1n) is 6.51. The first-order chi connectivity index (χ1) is 8.69. The van der Waals surface area contributed by atoms with Crippen LogP contribution in [0.5, 0.6) is 0 Å². The number of aliphatic hydroxyl groups is 1. The van der Waals surface area contributed by atoms with Crippen LogP contribution in [0.1, 0.15) is 35.3 Å². The van der Waals surface area contributed by atoms with E-state index in [-0.39, 0.29) is 0 Å². The van der Waals surface area contributed by atoms with E-state index in [9.17, 15) is 5.11 Å². The first-order valence-corrected chi connectivity index (χ1v) is 6.51. The van der Waals surface area contributed by atoms with Gasteiger partial charge in [0.2, 0.25) is 0 Å². The fraction of sp³-hybridized carbons (Fsp3) is 0.294. The summed E-state index contributed by atoms with van der Waals surface area (Å²) in [6.07, 6.45) is 1.31. The Balaban J connectivity index is 2.05. The molecule has 0 aliphatic heterocycles. The summed E-state index contributed by atoms with van der Waals surface area (Å²) in [6.45, 7) is 4.20. The minimum absolute atomic E-state index is 0.418. The molecule has 0 aliphatic carbocycles. The van der Waals surface area contributed by atoms with E-state index in [1.807, 2.05) is 24.3 Å². The minimum atomic E-state index is -0.418. The average molecular weight is 240 g/mol. The lowest BCUT2D eigenvalue weighted by Gasteiger charge is -2.11. The number of benzene rings is 2. The van der Waals surface area contributed by atoms with Crippen molar-refractivity contribution in [2.24, 2.45) is 0 Å². The highest BCUT2D eigenvalue weighted by molar-refractivity contribution is 5.27. The van der Waals surface area contributed by atoms with E-state index in [4.69, 9.17) is 0 Å². The maximum atomic E-state index is 10.2. The van der Waals surface area contributed by atoms with Crippen molar-refractivity contribution in [2.75, 3.05) is 0 Å². The smallest absolute Gasteiger partial charge is 0.0830 e. The fourth-order valence-electron chi connectivity index (χ4n) is 2.04. The number of aliphatic hydroxyl groups excluding tert-OH is 1. The predicted octanol–water partition coefficient (Wildman–Crippen LogP) is 3.83. The van der Waals surface area contributed by atoms with Gasteiger partial charge in [-0.3, -0.25) is 0 Å². The third-order valence-corrected chi connectivity index (χ3v) is 3.32. The Labute approximate surface area is 109 Å².